The molecular formula is C65H64N6O. The van der Waals surface area contributed by atoms with Gasteiger partial charge in [-0.2, -0.15) is 0 Å². The van der Waals surface area contributed by atoms with Crippen LogP contribution in [0.5, 0.6) is 11.5 Å². The predicted molar refractivity (Wildman–Crippen MR) is 293 cm³/mol. The highest BCUT2D eigenvalue weighted by Gasteiger charge is 2.54. The summed E-state index contributed by atoms with van der Waals surface area (Å²) in [5.74, 6) is 2.97. The molecule has 0 amide bonds. The topological polar surface area (TPSA) is 61.6 Å². The molecule has 1 aliphatic heterocycles. The number of ether oxygens (including phenoxy) is 1. The molecule has 2 aliphatic rings. The van der Waals surface area contributed by atoms with Crippen molar-refractivity contribution in [1.29, 1.82) is 0 Å². The molecule has 0 unspecified atom stereocenters. The highest BCUT2D eigenvalue weighted by Crippen LogP contribution is 2.65. The average molecular weight is 945 g/mol. The lowest BCUT2D eigenvalue weighted by molar-refractivity contribution is -0.649. The van der Waals surface area contributed by atoms with Crippen LogP contribution in [0, 0.1) is 13.3 Å². The summed E-state index contributed by atoms with van der Waals surface area (Å²) < 4.78 is 13.8. The van der Waals surface area contributed by atoms with E-state index in [0.717, 1.165) is 61.5 Å². The van der Waals surface area contributed by atoms with Gasteiger partial charge in [-0.15, -0.1) is 0 Å². The molecule has 72 heavy (non-hydrogen) atoms. The molecule has 1 aliphatic carbocycles. The summed E-state index contributed by atoms with van der Waals surface area (Å²) in [7, 11) is 2.12. The van der Waals surface area contributed by atoms with Gasteiger partial charge in [0.15, 0.2) is 5.82 Å². The summed E-state index contributed by atoms with van der Waals surface area (Å²) in [5.41, 5.74) is 19.7. The highest BCUT2D eigenvalue weighted by molar-refractivity contribution is 6.09. The van der Waals surface area contributed by atoms with Crippen LogP contribution in [0.1, 0.15) is 133 Å². The van der Waals surface area contributed by atoms with E-state index in [2.05, 4.69) is 236 Å². The smallest absolute Gasteiger partial charge is 0.244 e. The van der Waals surface area contributed by atoms with E-state index in [0.29, 0.717) is 5.82 Å². The summed E-state index contributed by atoms with van der Waals surface area (Å²) in [6.45, 7) is 30.6. The minimum absolute atomic E-state index is 0.0666. The van der Waals surface area contributed by atoms with Crippen LogP contribution in [0.15, 0.2) is 134 Å². The molecule has 1 spiro atoms. The fourth-order valence-corrected chi connectivity index (χ4v) is 12.0. The minimum Gasteiger partial charge on any atom is -0.458 e. The third-order valence-corrected chi connectivity index (χ3v) is 15.5. The first-order chi connectivity index (χ1) is 34.0. The van der Waals surface area contributed by atoms with Crippen LogP contribution in [-0.4, -0.2) is 24.1 Å². The summed E-state index contributed by atoms with van der Waals surface area (Å²) in [5, 5.41) is 2.28. The van der Waals surface area contributed by atoms with Gasteiger partial charge in [0, 0.05) is 41.0 Å². The Bertz CT molecular complexity index is 3820. The number of benzene rings is 6. The summed E-state index contributed by atoms with van der Waals surface area (Å²) in [6.07, 6.45) is 9.21. The van der Waals surface area contributed by atoms with Gasteiger partial charge in [-0.05, 0) is 132 Å². The molecule has 360 valence electrons. The van der Waals surface area contributed by atoms with E-state index >= 15 is 0 Å². The number of hydrogen-bond acceptors (Lipinski definition) is 4. The van der Waals surface area contributed by atoms with Crippen LogP contribution >= 0.6 is 0 Å². The molecule has 0 atom stereocenters. The third-order valence-electron chi connectivity index (χ3n) is 15.5. The Kier molecular flexibility index (Phi) is 9.73. The second-order valence-corrected chi connectivity index (χ2v) is 24.6. The summed E-state index contributed by atoms with van der Waals surface area (Å²) in [6, 6.07) is 42.8. The van der Waals surface area contributed by atoms with Crippen LogP contribution in [0.25, 0.3) is 66.9 Å². The van der Waals surface area contributed by atoms with Crippen molar-refractivity contribution in [1.82, 2.24) is 24.1 Å². The molecule has 12 rings (SSSR count). The molecule has 10 aromatic rings. The fraction of sp³-hybridized carbons (Fsp3) is 0.292. The lowest BCUT2D eigenvalue weighted by atomic mass is 9.60. The van der Waals surface area contributed by atoms with E-state index in [1.54, 1.807) is 12.4 Å². The van der Waals surface area contributed by atoms with Crippen LogP contribution < -0.4 is 9.30 Å². The number of imidazole rings is 1. The van der Waals surface area contributed by atoms with E-state index in [-0.39, 0.29) is 21.7 Å². The average Bonchev–Trinajstić information content (AvgIpc) is 3.95. The Labute approximate surface area is 424 Å². The number of para-hydroxylation sites is 2. The first kappa shape index (κ1) is 45.7. The van der Waals surface area contributed by atoms with Gasteiger partial charge in [0.05, 0.1) is 40.2 Å². The first-order valence-electron chi connectivity index (χ1n) is 25.5. The van der Waals surface area contributed by atoms with Gasteiger partial charge in [0.1, 0.15) is 17.3 Å². The van der Waals surface area contributed by atoms with Crippen molar-refractivity contribution in [2.75, 3.05) is 0 Å². The Hall–Kier alpha value is -7.38. The van der Waals surface area contributed by atoms with Crippen LogP contribution in [0.2, 0.25) is 0 Å². The fourth-order valence-electron chi connectivity index (χ4n) is 12.0. The zero-order valence-electron chi connectivity index (χ0n) is 44.3. The Balaban J connectivity index is 1.11. The van der Waals surface area contributed by atoms with Crippen molar-refractivity contribution >= 4 is 32.8 Å². The molecule has 7 heteroatoms. The molecule has 6 aromatic carbocycles. The second-order valence-electron chi connectivity index (χ2n) is 24.6. The SMILES string of the molecule is Cc1cc(-n2c3ccccc3c3ccc(Oc4ccc5c(c4)-n4[c-][n+](C)c6cccc(c64)C54c5c(cc(C(C)(C)C)cc5C(C)(C)C)-c5cc(C(C)(C)C)cc(C(C)(C)C)c54)cc32)ncc1-c1ncccn1. The van der Waals surface area contributed by atoms with Crippen molar-refractivity contribution in [3.63, 3.8) is 0 Å². The summed E-state index contributed by atoms with van der Waals surface area (Å²) >= 11 is 0. The van der Waals surface area contributed by atoms with Crippen LogP contribution in [0.4, 0.5) is 0 Å². The van der Waals surface area contributed by atoms with Crippen molar-refractivity contribution in [2.24, 2.45) is 7.05 Å². The van der Waals surface area contributed by atoms with E-state index in [9.17, 15) is 0 Å². The van der Waals surface area contributed by atoms with Gasteiger partial charge in [0.2, 0.25) is 6.33 Å². The summed E-state index contributed by atoms with van der Waals surface area (Å²) in [4.78, 5) is 14.1. The van der Waals surface area contributed by atoms with Crippen LogP contribution in [0.3, 0.4) is 0 Å². The molecular weight excluding hydrogens is 881 g/mol. The number of pyridine rings is 1. The zero-order valence-corrected chi connectivity index (χ0v) is 44.3. The van der Waals surface area contributed by atoms with Gasteiger partial charge in [0.25, 0.3) is 0 Å². The largest absolute Gasteiger partial charge is 0.458 e. The van der Waals surface area contributed by atoms with Crippen molar-refractivity contribution in [3.8, 4) is 45.5 Å². The van der Waals surface area contributed by atoms with E-state index in [1.165, 1.54) is 61.2 Å². The van der Waals surface area contributed by atoms with Crippen LogP contribution in [-0.2, 0) is 34.1 Å². The second kappa shape index (κ2) is 15.3. The molecule has 0 radical (unpaired) electrons. The molecule has 0 bridgehead atoms. The highest BCUT2D eigenvalue weighted by atomic mass is 16.5. The molecule has 0 saturated heterocycles. The molecule has 0 saturated carbocycles. The standard InChI is InChI=1S/C65H64N6O/c1-38-29-56(68-36-47(38)60-66-27-18-28-67-60)71-52-21-16-15-19-43(52)44-25-23-41(34-54(44)71)72-42-24-26-48-55(35-42)70-37-69(14)53-22-17-20-49(59(53)70)65(48)57-45(30-39(61(2,3)4)32-50(57)63(8,9)10)46-31-40(62(5,6)7)33-51(58(46)65)64(11,12)13/h15-36H,1-14H3. The number of rotatable bonds is 4. The molecule has 7 nitrogen and oxygen atoms in total. The molecule has 5 heterocycles. The zero-order chi connectivity index (χ0) is 50.6. The number of nitrogens with zero attached hydrogens (tertiary/aromatic N) is 6. The third kappa shape index (κ3) is 6.68. The van der Waals surface area contributed by atoms with Gasteiger partial charge >= 0.3 is 0 Å². The Morgan fingerprint density at radius 2 is 1.17 bits per heavy atom. The van der Waals surface area contributed by atoms with E-state index < -0.39 is 5.41 Å². The number of aromatic nitrogens is 6. The van der Waals surface area contributed by atoms with Gasteiger partial charge < -0.3 is 13.9 Å². The maximum Gasteiger partial charge on any atom is 0.244 e. The quantitative estimate of drug-likeness (QED) is 0.130. The van der Waals surface area contributed by atoms with Crippen molar-refractivity contribution in [3.05, 3.63) is 190 Å². The van der Waals surface area contributed by atoms with Gasteiger partial charge in [-0.1, -0.05) is 150 Å². The minimum atomic E-state index is -0.668. The number of hydrogen-bond donors (Lipinski definition) is 0. The lowest BCUT2D eigenvalue weighted by Gasteiger charge is -2.45. The first-order valence-corrected chi connectivity index (χ1v) is 25.5. The van der Waals surface area contributed by atoms with E-state index in [1.807, 2.05) is 12.3 Å². The van der Waals surface area contributed by atoms with Crippen molar-refractivity contribution < 1.29 is 9.30 Å². The monoisotopic (exact) mass is 945 g/mol. The Morgan fingerprint density at radius 3 is 1.79 bits per heavy atom. The number of aryl methyl sites for hydroxylation is 2. The maximum atomic E-state index is 7.10. The van der Waals surface area contributed by atoms with Crippen molar-refractivity contribution in [2.45, 2.75) is 117 Å². The molecule has 4 aromatic heterocycles. The Morgan fingerprint density at radius 1 is 0.556 bits per heavy atom. The maximum absolute atomic E-state index is 7.10. The predicted octanol–water partition coefficient (Wildman–Crippen LogP) is 15.2. The molecule has 0 fully saturated rings. The van der Waals surface area contributed by atoms with Gasteiger partial charge in [-0.3, -0.25) is 4.57 Å². The number of fused-ring (bicyclic) bond motifs is 12. The van der Waals surface area contributed by atoms with E-state index in [4.69, 9.17) is 9.72 Å². The lowest BCUT2D eigenvalue weighted by Crippen LogP contribution is -2.38. The normalized spacial score (nSPS) is 14.1. The van der Waals surface area contributed by atoms with Gasteiger partial charge in [-0.25, -0.2) is 15.0 Å². The molecule has 0 N–H and O–H groups in total.